The minimum atomic E-state index is 0.0933. The Morgan fingerprint density at radius 1 is 0.778 bits per heavy atom. The third-order valence-corrected chi connectivity index (χ3v) is 3.57. The van der Waals surface area contributed by atoms with Crippen LogP contribution in [0, 0.1) is 0 Å². The molecule has 1 heterocycles. The molecule has 6 heteroatoms. The lowest BCUT2D eigenvalue weighted by atomic mass is 10.3. The van der Waals surface area contributed by atoms with Crippen LogP contribution >= 0.6 is 23.5 Å². The topological polar surface area (TPSA) is 50.7 Å². The highest BCUT2D eigenvalue weighted by Gasteiger charge is 2.19. The van der Waals surface area contributed by atoms with Gasteiger partial charge in [-0.15, -0.1) is 0 Å². The average Bonchev–Trinajstić information content (AvgIpc) is 2.11. The van der Waals surface area contributed by atoms with Gasteiger partial charge in [0.1, 0.15) is 0 Å². The van der Waals surface area contributed by atoms with Crippen LogP contribution in [-0.2, 0) is 0 Å². The summed E-state index contributed by atoms with van der Waals surface area (Å²) in [5.41, 5.74) is 0. The Morgan fingerprint density at radius 2 is 1.17 bits per heavy atom. The summed E-state index contributed by atoms with van der Waals surface area (Å²) < 4.78 is 0.187. The van der Waals surface area contributed by atoms with Crippen molar-refractivity contribution < 1.29 is 0 Å². The lowest BCUT2D eigenvalue weighted by molar-refractivity contribution is 0.751. The molecule has 0 radical (unpaired) electrons. The molecule has 1 N–H and O–H groups in total. The maximum atomic E-state index is 4.52. The number of hydrogen-bond acceptors (Lipinski definition) is 6. The molecule has 18 heavy (non-hydrogen) atoms. The first-order valence-corrected chi connectivity index (χ1v) is 7.54. The minimum absolute atomic E-state index is 0.0933. The lowest BCUT2D eigenvalue weighted by Crippen LogP contribution is -2.12. The number of nitrogens with zero attached hydrogens (tertiary/aromatic N) is 3. The van der Waals surface area contributed by atoms with Crippen LogP contribution in [0.15, 0.2) is 10.3 Å². The van der Waals surface area contributed by atoms with E-state index in [1.807, 2.05) is 7.05 Å². The molecule has 1 rings (SSSR count). The van der Waals surface area contributed by atoms with Gasteiger partial charge in [0.15, 0.2) is 10.3 Å². The van der Waals surface area contributed by atoms with Crippen LogP contribution in [0.25, 0.3) is 0 Å². The second-order valence-electron chi connectivity index (χ2n) is 5.90. The van der Waals surface area contributed by atoms with Gasteiger partial charge in [0.2, 0.25) is 5.95 Å². The SMILES string of the molecule is CNc1nc(SC(C)(C)C)nc(SC(C)(C)C)n1. The first kappa shape index (κ1) is 15.6. The van der Waals surface area contributed by atoms with Crippen molar-refractivity contribution in [2.45, 2.75) is 61.3 Å². The summed E-state index contributed by atoms with van der Waals surface area (Å²) in [5.74, 6) is 0.628. The van der Waals surface area contributed by atoms with E-state index in [9.17, 15) is 0 Å². The van der Waals surface area contributed by atoms with E-state index in [4.69, 9.17) is 0 Å². The Bertz CT molecular complexity index is 373. The quantitative estimate of drug-likeness (QED) is 0.855. The average molecular weight is 286 g/mol. The highest BCUT2D eigenvalue weighted by molar-refractivity contribution is 8.01. The molecule has 0 spiro atoms. The molecule has 0 atom stereocenters. The van der Waals surface area contributed by atoms with E-state index in [-0.39, 0.29) is 9.49 Å². The molecule has 0 unspecified atom stereocenters. The molecule has 0 fully saturated rings. The molecule has 0 aromatic carbocycles. The van der Waals surface area contributed by atoms with Gasteiger partial charge in [-0.1, -0.05) is 65.1 Å². The molecular weight excluding hydrogens is 264 g/mol. The fraction of sp³-hybridized carbons (Fsp3) is 0.750. The summed E-state index contributed by atoms with van der Waals surface area (Å²) >= 11 is 3.31. The Labute approximate surface area is 118 Å². The van der Waals surface area contributed by atoms with Crippen LogP contribution in [-0.4, -0.2) is 31.5 Å². The fourth-order valence-corrected chi connectivity index (χ4v) is 2.77. The molecule has 0 aliphatic rings. The van der Waals surface area contributed by atoms with E-state index < -0.39 is 0 Å². The van der Waals surface area contributed by atoms with E-state index >= 15 is 0 Å². The van der Waals surface area contributed by atoms with Crippen molar-refractivity contribution in [3.8, 4) is 0 Å². The van der Waals surface area contributed by atoms with E-state index in [1.165, 1.54) is 0 Å². The van der Waals surface area contributed by atoms with E-state index in [0.717, 1.165) is 10.3 Å². The number of rotatable bonds is 3. The van der Waals surface area contributed by atoms with Crippen molar-refractivity contribution in [1.82, 2.24) is 15.0 Å². The number of anilines is 1. The fourth-order valence-electron chi connectivity index (χ4n) is 1.09. The number of aromatic nitrogens is 3. The van der Waals surface area contributed by atoms with Gasteiger partial charge in [-0.3, -0.25) is 0 Å². The molecule has 0 amide bonds. The first-order valence-electron chi connectivity index (χ1n) is 5.91. The zero-order chi connectivity index (χ0) is 14.0. The van der Waals surface area contributed by atoms with E-state index in [1.54, 1.807) is 23.5 Å². The predicted octanol–water partition coefficient (Wildman–Crippen LogP) is 3.69. The minimum Gasteiger partial charge on any atom is -0.357 e. The van der Waals surface area contributed by atoms with Gasteiger partial charge in [0, 0.05) is 16.5 Å². The Balaban J connectivity index is 3.02. The van der Waals surface area contributed by atoms with Gasteiger partial charge >= 0.3 is 0 Å². The largest absolute Gasteiger partial charge is 0.357 e. The van der Waals surface area contributed by atoms with Crippen LogP contribution < -0.4 is 5.32 Å². The first-order chi connectivity index (χ1) is 8.09. The van der Waals surface area contributed by atoms with Gasteiger partial charge in [0.25, 0.3) is 0 Å². The van der Waals surface area contributed by atoms with Gasteiger partial charge in [-0.05, 0) is 0 Å². The van der Waals surface area contributed by atoms with Gasteiger partial charge < -0.3 is 5.32 Å². The van der Waals surface area contributed by atoms with Crippen molar-refractivity contribution in [1.29, 1.82) is 0 Å². The maximum absolute atomic E-state index is 4.52. The molecule has 1 aromatic heterocycles. The van der Waals surface area contributed by atoms with E-state index in [0.29, 0.717) is 5.95 Å². The standard InChI is InChI=1S/C12H22N4S2/c1-11(2,3)17-9-14-8(13-7)15-10(16-9)18-12(4,5)6/h1-7H3,(H,13,14,15,16). The van der Waals surface area contributed by atoms with E-state index in [2.05, 4.69) is 61.8 Å². The third kappa shape index (κ3) is 5.91. The number of thioether (sulfide) groups is 2. The molecule has 4 nitrogen and oxygen atoms in total. The molecule has 102 valence electrons. The third-order valence-electron chi connectivity index (χ3n) is 1.61. The second kappa shape index (κ2) is 5.65. The second-order valence-corrected chi connectivity index (χ2v) is 9.49. The molecular formula is C12H22N4S2. The molecule has 0 saturated carbocycles. The van der Waals surface area contributed by atoms with Crippen LogP contribution in [0.1, 0.15) is 41.5 Å². The highest BCUT2D eigenvalue weighted by Crippen LogP contribution is 2.33. The zero-order valence-electron chi connectivity index (χ0n) is 12.2. The molecule has 0 bridgehead atoms. The number of nitrogens with one attached hydrogen (secondary N) is 1. The van der Waals surface area contributed by atoms with Crippen molar-refractivity contribution in [2.24, 2.45) is 0 Å². The molecule has 0 aliphatic heterocycles. The number of hydrogen-bond donors (Lipinski definition) is 1. The zero-order valence-corrected chi connectivity index (χ0v) is 13.8. The van der Waals surface area contributed by atoms with Crippen molar-refractivity contribution in [2.75, 3.05) is 12.4 Å². The molecule has 1 aromatic rings. The van der Waals surface area contributed by atoms with Crippen LogP contribution in [0.3, 0.4) is 0 Å². The summed E-state index contributed by atoms with van der Waals surface area (Å²) in [4.78, 5) is 13.3. The van der Waals surface area contributed by atoms with Crippen molar-refractivity contribution >= 4 is 29.5 Å². The van der Waals surface area contributed by atoms with Gasteiger partial charge in [0.05, 0.1) is 0 Å². The summed E-state index contributed by atoms with van der Waals surface area (Å²) in [6.45, 7) is 12.9. The monoisotopic (exact) mass is 286 g/mol. The smallest absolute Gasteiger partial charge is 0.227 e. The van der Waals surface area contributed by atoms with Crippen LogP contribution in [0.5, 0.6) is 0 Å². The van der Waals surface area contributed by atoms with Gasteiger partial charge in [-0.25, -0.2) is 0 Å². The van der Waals surface area contributed by atoms with Gasteiger partial charge in [-0.2, -0.15) is 15.0 Å². The summed E-state index contributed by atoms with van der Waals surface area (Å²) in [5, 5.41) is 4.53. The predicted molar refractivity (Wildman–Crippen MR) is 80.6 cm³/mol. The Morgan fingerprint density at radius 3 is 1.44 bits per heavy atom. The van der Waals surface area contributed by atoms with Crippen LogP contribution in [0.2, 0.25) is 0 Å². The van der Waals surface area contributed by atoms with Crippen molar-refractivity contribution in [3.63, 3.8) is 0 Å². The Hall–Kier alpha value is -0.490. The Kier molecular flexibility index (Phi) is 4.89. The molecule has 0 saturated heterocycles. The molecule has 0 aliphatic carbocycles. The maximum Gasteiger partial charge on any atom is 0.227 e. The highest BCUT2D eigenvalue weighted by atomic mass is 32.2. The normalized spacial score (nSPS) is 12.6. The summed E-state index contributed by atoms with van der Waals surface area (Å²) in [6.07, 6.45) is 0. The lowest BCUT2D eigenvalue weighted by Gasteiger charge is -2.19. The van der Waals surface area contributed by atoms with Crippen LogP contribution in [0.4, 0.5) is 5.95 Å². The summed E-state index contributed by atoms with van der Waals surface area (Å²) in [7, 11) is 1.83. The summed E-state index contributed by atoms with van der Waals surface area (Å²) in [6, 6.07) is 0. The van der Waals surface area contributed by atoms with Crippen molar-refractivity contribution in [3.05, 3.63) is 0 Å².